The van der Waals surface area contributed by atoms with Crippen LogP contribution in [0.4, 0.5) is 0 Å². The van der Waals surface area contributed by atoms with Gasteiger partial charge >= 0.3 is 5.97 Å². The molecule has 0 amide bonds. The Labute approximate surface area is 106 Å². The predicted molar refractivity (Wildman–Crippen MR) is 66.3 cm³/mol. The molecule has 0 aliphatic heterocycles. The first kappa shape index (κ1) is 15.6. The van der Waals surface area contributed by atoms with Gasteiger partial charge in [0.1, 0.15) is 6.61 Å². The van der Waals surface area contributed by atoms with Crippen LogP contribution in [-0.4, -0.2) is 11.9 Å². The van der Waals surface area contributed by atoms with Gasteiger partial charge in [0, 0.05) is 6.08 Å². The fourth-order valence-corrected chi connectivity index (χ4v) is 0.788. The molecule has 4 heteroatoms. The Morgan fingerprint density at radius 3 is 2.22 bits per heavy atom. The molecule has 0 atom stereocenters. The van der Waals surface area contributed by atoms with Gasteiger partial charge in [0.05, 0.1) is 5.97 Å². The van der Waals surface area contributed by atoms with Gasteiger partial charge in [-0.25, -0.2) is 4.79 Å². The number of ether oxygens (including phenoxy) is 1. The van der Waals surface area contributed by atoms with E-state index < -0.39 is 5.97 Å². The summed E-state index contributed by atoms with van der Waals surface area (Å²) < 4.78 is 4.82. The minimum Gasteiger partial charge on any atom is -0.545 e. The monoisotopic (exact) mass is 247 g/mol. The minimum atomic E-state index is -1.19. The number of rotatable bonds is 4. The number of hydrogen-bond donors (Lipinski definition) is 0. The molecule has 0 heterocycles. The van der Waals surface area contributed by atoms with E-state index >= 15 is 0 Å². The van der Waals surface area contributed by atoms with Crippen molar-refractivity contribution in [3.05, 3.63) is 60.7 Å². The van der Waals surface area contributed by atoms with Gasteiger partial charge in [0.2, 0.25) is 0 Å². The van der Waals surface area contributed by atoms with Crippen LogP contribution in [0.5, 0.6) is 0 Å². The first-order valence-corrected chi connectivity index (χ1v) is 5.17. The van der Waals surface area contributed by atoms with Crippen LogP contribution < -0.4 is 5.11 Å². The van der Waals surface area contributed by atoms with E-state index in [4.69, 9.17) is 4.74 Å². The predicted octanol–water partition coefficient (Wildman–Crippen LogP) is 1.23. The number of carbonyl (C=O) groups is 2. The topological polar surface area (TPSA) is 66.4 Å². The Hall–Kier alpha value is -2.36. The molecule has 18 heavy (non-hydrogen) atoms. The van der Waals surface area contributed by atoms with E-state index in [1.165, 1.54) is 6.92 Å². The maximum atomic E-state index is 10.6. The number of esters is 1. The van der Waals surface area contributed by atoms with Crippen LogP contribution in [0.2, 0.25) is 0 Å². The molecule has 0 fully saturated rings. The van der Waals surface area contributed by atoms with Crippen molar-refractivity contribution < 1.29 is 19.4 Å². The maximum Gasteiger partial charge on any atom is 0.330 e. The van der Waals surface area contributed by atoms with Crippen molar-refractivity contribution >= 4 is 11.9 Å². The fraction of sp³-hybridized carbons (Fsp3) is 0.143. The SMILES string of the molecule is C=C(C)C(=O)[O-].C=CC(=O)OCc1ccccc1. The Morgan fingerprint density at radius 1 is 1.33 bits per heavy atom. The van der Waals surface area contributed by atoms with Crippen molar-refractivity contribution in [2.45, 2.75) is 13.5 Å². The van der Waals surface area contributed by atoms with Gasteiger partial charge in [-0.15, -0.1) is 0 Å². The number of carbonyl (C=O) groups excluding carboxylic acids is 2. The largest absolute Gasteiger partial charge is 0.545 e. The maximum absolute atomic E-state index is 10.6. The van der Waals surface area contributed by atoms with E-state index in [-0.39, 0.29) is 11.5 Å². The van der Waals surface area contributed by atoms with Crippen molar-refractivity contribution in [3.8, 4) is 0 Å². The summed E-state index contributed by atoms with van der Waals surface area (Å²) in [5.41, 5.74) is 1.04. The van der Waals surface area contributed by atoms with Gasteiger partial charge in [-0.3, -0.25) is 0 Å². The summed E-state index contributed by atoms with van der Waals surface area (Å²) in [5, 5.41) is 9.49. The molecule has 0 bridgehead atoms. The molecule has 96 valence electrons. The minimum absolute atomic E-state index is 0.0648. The molecule has 0 saturated carbocycles. The van der Waals surface area contributed by atoms with Gasteiger partial charge in [-0.1, -0.05) is 43.5 Å². The number of benzene rings is 1. The molecule has 0 unspecified atom stereocenters. The molecule has 1 aromatic rings. The highest BCUT2D eigenvalue weighted by molar-refractivity contribution is 5.82. The molecule has 0 N–H and O–H groups in total. The third-order valence-electron chi connectivity index (χ3n) is 1.74. The van der Waals surface area contributed by atoms with Crippen molar-refractivity contribution in [2.75, 3.05) is 0 Å². The van der Waals surface area contributed by atoms with E-state index in [0.29, 0.717) is 6.61 Å². The summed E-state index contributed by atoms with van der Waals surface area (Å²) in [6, 6.07) is 9.51. The molecule has 0 spiro atoms. The van der Waals surface area contributed by atoms with E-state index in [0.717, 1.165) is 11.6 Å². The molecule has 1 rings (SSSR count). The lowest BCUT2D eigenvalue weighted by molar-refractivity contribution is -0.299. The van der Waals surface area contributed by atoms with E-state index in [1.807, 2.05) is 30.3 Å². The van der Waals surface area contributed by atoms with Crippen molar-refractivity contribution in [1.82, 2.24) is 0 Å². The van der Waals surface area contributed by atoms with Gasteiger partial charge in [-0.05, 0) is 18.1 Å². The van der Waals surface area contributed by atoms with Gasteiger partial charge in [0.25, 0.3) is 0 Å². The third-order valence-corrected chi connectivity index (χ3v) is 1.74. The first-order chi connectivity index (χ1) is 8.47. The highest BCUT2D eigenvalue weighted by Gasteiger charge is 1.95. The molecular weight excluding hydrogens is 232 g/mol. The summed E-state index contributed by atoms with van der Waals surface area (Å²) in [5.74, 6) is -1.58. The lowest BCUT2D eigenvalue weighted by atomic mass is 10.2. The van der Waals surface area contributed by atoms with E-state index in [1.54, 1.807) is 0 Å². The van der Waals surface area contributed by atoms with Gasteiger partial charge in [-0.2, -0.15) is 0 Å². The molecule has 4 nitrogen and oxygen atoms in total. The second-order valence-electron chi connectivity index (χ2n) is 3.37. The zero-order valence-electron chi connectivity index (χ0n) is 10.2. The Kier molecular flexibility index (Phi) is 7.61. The average Bonchev–Trinajstić information content (AvgIpc) is 2.37. The van der Waals surface area contributed by atoms with Crippen molar-refractivity contribution in [1.29, 1.82) is 0 Å². The zero-order valence-corrected chi connectivity index (χ0v) is 10.2. The number of carboxylic acids is 1. The Balaban J connectivity index is 0.000000411. The molecule has 0 aromatic heterocycles. The molecule has 0 radical (unpaired) electrons. The van der Waals surface area contributed by atoms with Gasteiger partial charge < -0.3 is 14.6 Å². The van der Waals surface area contributed by atoms with Crippen LogP contribution in [0.3, 0.4) is 0 Å². The van der Waals surface area contributed by atoms with Crippen LogP contribution in [0, 0.1) is 0 Å². The zero-order chi connectivity index (χ0) is 14.0. The molecule has 0 aliphatic carbocycles. The van der Waals surface area contributed by atoms with Gasteiger partial charge in [0.15, 0.2) is 0 Å². The molecular formula is C14H15O4-. The highest BCUT2D eigenvalue weighted by atomic mass is 16.5. The highest BCUT2D eigenvalue weighted by Crippen LogP contribution is 2.00. The number of carboxylic acid groups (broad SMARTS) is 1. The smallest absolute Gasteiger partial charge is 0.330 e. The summed E-state index contributed by atoms with van der Waals surface area (Å²) in [6.45, 7) is 8.09. The third kappa shape index (κ3) is 7.87. The van der Waals surface area contributed by atoms with Crippen molar-refractivity contribution in [3.63, 3.8) is 0 Å². The molecule has 1 aromatic carbocycles. The standard InChI is InChI=1S/C10H10O2.C4H6O2/c1-2-10(11)12-8-9-6-4-3-5-7-9;1-3(2)4(5)6/h2-7H,1,8H2;1H2,2H3,(H,5,6)/p-1. The lowest BCUT2D eigenvalue weighted by Crippen LogP contribution is -2.22. The van der Waals surface area contributed by atoms with E-state index in [2.05, 4.69) is 13.2 Å². The second-order valence-corrected chi connectivity index (χ2v) is 3.37. The summed E-state index contributed by atoms with van der Waals surface area (Å²) in [7, 11) is 0. The Bertz CT molecular complexity index is 409. The van der Waals surface area contributed by atoms with Crippen molar-refractivity contribution in [2.24, 2.45) is 0 Å². The quantitative estimate of drug-likeness (QED) is 0.593. The average molecular weight is 247 g/mol. The number of hydrogen-bond acceptors (Lipinski definition) is 4. The second kappa shape index (κ2) is 8.75. The van der Waals surface area contributed by atoms with Crippen LogP contribution in [0.25, 0.3) is 0 Å². The summed E-state index contributed by atoms with van der Waals surface area (Å²) in [4.78, 5) is 20.1. The van der Waals surface area contributed by atoms with Crippen LogP contribution in [-0.2, 0) is 20.9 Å². The van der Waals surface area contributed by atoms with E-state index in [9.17, 15) is 14.7 Å². The van der Waals surface area contributed by atoms with Crippen LogP contribution in [0.15, 0.2) is 55.1 Å². The normalized spacial score (nSPS) is 8.50. The number of aliphatic carboxylic acids is 1. The summed E-state index contributed by atoms with van der Waals surface area (Å²) in [6.07, 6.45) is 1.16. The molecule has 0 aliphatic rings. The van der Waals surface area contributed by atoms with Crippen LogP contribution >= 0.6 is 0 Å². The molecule has 0 saturated heterocycles. The Morgan fingerprint density at radius 2 is 1.83 bits per heavy atom. The summed E-state index contributed by atoms with van der Waals surface area (Å²) >= 11 is 0. The fourth-order valence-electron chi connectivity index (χ4n) is 0.788. The van der Waals surface area contributed by atoms with Crippen LogP contribution in [0.1, 0.15) is 12.5 Å². The first-order valence-electron chi connectivity index (χ1n) is 5.17. The lowest BCUT2D eigenvalue weighted by Gasteiger charge is -2.00.